The average molecular weight is 332 g/mol. The lowest BCUT2D eigenvalue weighted by Gasteiger charge is -2.11. The van der Waals surface area contributed by atoms with Crippen LogP contribution < -0.4 is 20.3 Å². The number of carbonyl (C=O) groups is 2. The van der Waals surface area contributed by atoms with E-state index >= 15 is 0 Å². The number of furan rings is 1. The Bertz CT molecular complexity index is 751. The monoisotopic (exact) mass is 332 g/mol. The van der Waals surface area contributed by atoms with Crippen molar-refractivity contribution >= 4 is 11.8 Å². The molecule has 0 fully saturated rings. The fourth-order valence-corrected chi connectivity index (χ4v) is 2.20. The molecule has 1 heterocycles. The number of amides is 2. The highest BCUT2D eigenvalue weighted by Crippen LogP contribution is 2.27. The second kappa shape index (κ2) is 7.54. The number of ether oxygens (including phenoxy) is 2. The zero-order chi connectivity index (χ0) is 17.7. The van der Waals surface area contributed by atoms with Gasteiger partial charge >= 0.3 is 0 Å². The van der Waals surface area contributed by atoms with Crippen LogP contribution in [0.3, 0.4) is 0 Å². The predicted octanol–water partition coefficient (Wildman–Crippen LogP) is 2.38. The summed E-state index contributed by atoms with van der Waals surface area (Å²) >= 11 is 0. The third-order valence-corrected chi connectivity index (χ3v) is 3.30. The molecule has 2 N–H and O–H groups in total. The van der Waals surface area contributed by atoms with Gasteiger partial charge < -0.3 is 13.9 Å². The topological polar surface area (TPSA) is 89.8 Å². The summed E-state index contributed by atoms with van der Waals surface area (Å²) in [6, 6.07) is 6.37. The molecule has 0 saturated heterocycles. The lowest BCUT2D eigenvalue weighted by molar-refractivity contribution is 0.0845. The van der Waals surface area contributed by atoms with Crippen molar-refractivity contribution in [2.45, 2.75) is 20.8 Å². The molecule has 2 aromatic rings. The molecule has 1 aromatic heterocycles. The molecule has 0 saturated carbocycles. The fraction of sp³-hybridized carbons (Fsp3) is 0.294. The summed E-state index contributed by atoms with van der Waals surface area (Å²) in [7, 11) is 1.52. The van der Waals surface area contributed by atoms with Gasteiger partial charge in [-0.05, 0) is 45.0 Å². The van der Waals surface area contributed by atoms with Crippen molar-refractivity contribution in [3.63, 3.8) is 0 Å². The minimum atomic E-state index is -0.468. The maximum absolute atomic E-state index is 12.2. The standard InChI is InChI=1S/C17H20N2O5/c1-5-23-15-9-12(6-7-14(15)22-4)16(20)18-19-17(21)13-8-10(2)24-11(13)3/h6-9H,5H2,1-4H3,(H,18,20)(H,19,21). The lowest BCUT2D eigenvalue weighted by Crippen LogP contribution is -2.41. The number of hydrogen-bond donors (Lipinski definition) is 2. The van der Waals surface area contributed by atoms with Gasteiger partial charge in [-0.3, -0.25) is 20.4 Å². The molecule has 0 aliphatic carbocycles. The summed E-state index contributed by atoms with van der Waals surface area (Å²) in [5.41, 5.74) is 5.43. The highest BCUT2D eigenvalue weighted by atomic mass is 16.5. The number of benzene rings is 1. The molecule has 7 nitrogen and oxygen atoms in total. The van der Waals surface area contributed by atoms with E-state index in [1.807, 2.05) is 6.92 Å². The largest absolute Gasteiger partial charge is 0.493 e. The molecule has 0 bridgehead atoms. The van der Waals surface area contributed by atoms with E-state index in [-0.39, 0.29) is 0 Å². The molecule has 0 radical (unpaired) electrons. The zero-order valence-corrected chi connectivity index (χ0v) is 14.1. The van der Waals surface area contributed by atoms with Gasteiger partial charge in [0.1, 0.15) is 11.5 Å². The van der Waals surface area contributed by atoms with E-state index in [2.05, 4.69) is 10.9 Å². The van der Waals surface area contributed by atoms with Crippen LogP contribution in [-0.2, 0) is 0 Å². The van der Waals surface area contributed by atoms with Crippen LogP contribution in [0.1, 0.15) is 39.2 Å². The average Bonchev–Trinajstić information content (AvgIpc) is 2.91. The zero-order valence-electron chi connectivity index (χ0n) is 14.1. The molecule has 7 heteroatoms. The number of methoxy groups -OCH3 is 1. The quantitative estimate of drug-likeness (QED) is 0.821. The van der Waals surface area contributed by atoms with Gasteiger partial charge in [0.15, 0.2) is 11.5 Å². The third kappa shape index (κ3) is 3.87. The third-order valence-electron chi connectivity index (χ3n) is 3.30. The van der Waals surface area contributed by atoms with Crippen LogP contribution >= 0.6 is 0 Å². The smallest absolute Gasteiger partial charge is 0.273 e. The maximum Gasteiger partial charge on any atom is 0.273 e. The van der Waals surface area contributed by atoms with Crippen molar-refractivity contribution in [3.05, 3.63) is 46.9 Å². The van der Waals surface area contributed by atoms with Crippen LogP contribution in [0, 0.1) is 13.8 Å². The van der Waals surface area contributed by atoms with Crippen molar-refractivity contribution in [2.75, 3.05) is 13.7 Å². The van der Waals surface area contributed by atoms with Crippen molar-refractivity contribution in [1.82, 2.24) is 10.9 Å². The van der Waals surface area contributed by atoms with Gasteiger partial charge in [-0.15, -0.1) is 0 Å². The first-order valence-electron chi connectivity index (χ1n) is 7.44. The van der Waals surface area contributed by atoms with E-state index in [4.69, 9.17) is 13.9 Å². The molecule has 0 aliphatic rings. The minimum Gasteiger partial charge on any atom is -0.493 e. The van der Waals surface area contributed by atoms with E-state index < -0.39 is 11.8 Å². The predicted molar refractivity (Wildman–Crippen MR) is 87.3 cm³/mol. The van der Waals surface area contributed by atoms with E-state index in [0.29, 0.717) is 40.8 Å². The normalized spacial score (nSPS) is 10.2. The summed E-state index contributed by atoms with van der Waals surface area (Å²) < 4.78 is 15.9. The van der Waals surface area contributed by atoms with E-state index in [1.54, 1.807) is 38.1 Å². The maximum atomic E-state index is 12.2. The van der Waals surface area contributed by atoms with Crippen LogP contribution in [-0.4, -0.2) is 25.5 Å². The van der Waals surface area contributed by atoms with Crippen LogP contribution in [0.15, 0.2) is 28.7 Å². The summed E-state index contributed by atoms with van der Waals surface area (Å²) in [4.78, 5) is 24.2. The number of nitrogens with one attached hydrogen (secondary N) is 2. The second-order valence-corrected chi connectivity index (χ2v) is 5.03. The summed E-state index contributed by atoms with van der Waals surface area (Å²) in [6.07, 6.45) is 0. The highest BCUT2D eigenvalue weighted by molar-refractivity contribution is 5.99. The van der Waals surface area contributed by atoms with Crippen molar-refractivity contribution in [1.29, 1.82) is 0 Å². The molecule has 1 aromatic carbocycles. The number of carbonyl (C=O) groups excluding carboxylic acids is 2. The van der Waals surface area contributed by atoms with E-state index in [0.717, 1.165) is 0 Å². The summed E-state index contributed by atoms with van der Waals surface area (Å²) in [6.45, 7) is 5.70. The van der Waals surface area contributed by atoms with Crippen LogP contribution in [0.4, 0.5) is 0 Å². The molecular formula is C17H20N2O5. The molecule has 0 atom stereocenters. The van der Waals surface area contributed by atoms with Crippen LogP contribution in [0.2, 0.25) is 0 Å². The lowest BCUT2D eigenvalue weighted by atomic mass is 10.2. The molecule has 0 unspecified atom stereocenters. The van der Waals surface area contributed by atoms with Gasteiger partial charge in [0.25, 0.3) is 11.8 Å². The molecule has 2 amide bonds. The van der Waals surface area contributed by atoms with Gasteiger partial charge in [-0.1, -0.05) is 0 Å². The second-order valence-electron chi connectivity index (χ2n) is 5.03. The molecule has 0 spiro atoms. The molecule has 24 heavy (non-hydrogen) atoms. The Hall–Kier alpha value is -2.96. The Morgan fingerprint density at radius 3 is 2.38 bits per heavy atom. The van der Waals surface area contributed by atoms with Gasteiger partial charge in [0.2, 0.25) is 0 Å². The molecule has 2 rings (SSSR count). The molecular weight excluding hydrogens is 312 g/mol. The molecule has 128 valence electrons. The number of aryl methyl sites for hydroxylation is 2. The van der Waals surface area contributed by atoms with Gasteiger partial charge in [-0.2, -0.15) is 0 Å². The van der Waals surface area contributed by atoms with Gasteiger partial charge in [0, 0.05) is 5.56 Å². The fourth-order valence-electron chi connectivity index (χ4n) is 2.20. The molecule has 0 aliphatic heterocycles. The van der Waals surface area contributed by atoms with E-state index in [1.165, 1.54) is 7.11 Å². The van der Waals surface area contributed by atoms with Crippen molar-refractivity contribution in [2.24, 2.45) is 0 Å². The summed E-state index contributed by atoms with van der Waals surface area (Å²) in [5, 5.41) is 0. The number of rotatable bonds is 5. The van der Waals surface area contributed by atoms with Crippen molar-refractivity contribution < 1.29 is 23.5 Å². The first-order chi connectivity index (χ1) is 11.5. The Kier molecular flexibility index (Phi) is 5.47. The first-order valence-corrected chi connectivity index (χ1v) is 7.44. The first kappa shape index (κ1) is 17.4. The highest BCUT2D eigenvalue weighted by Gasteiger charge is 2.15. The van der Waals surface area contributed by atoms with Gasteiger partial charge in [0.05, 0.1) is 19.3 Å². The van der Waals surface area contributed by atoms with Crippen molar-refractivity contribution in [3.8, 4) is 11.5 Å². The minimum absolute atomic E-state index is 0.333. The Morgan fingerprint density at radius 2 is 1.79 bits per heavy atom. The number of hydrogen-bond acceptors (Lipinski definition) is 5. The summed E-state index contributed by atoms with van der Waals surface area (Å²) in [5.74, 6) is 1.19. The number of hydrazine groups is 1. The van der Waals surface area contributed by atoms with E-state index in [9.17, 15) is 9.59 Å². The Balaban J connectivity index is 2.05. The van der Waals surface area contributed by atoms with Gasteiger partial charge in [-0.25, -0.2) is 0 Å². The SMILES string of the molecule is CCOc1cc(C(=O)NNC(=O)c2cc(C)oc2C)ccc1OC. The Morgan fingerprint density at radius 1 is 1.08 bits per heavy atom. The van der Waals surface area contributed by atoms with Crippen LogP contribution in [0.25, 0.3) is 0 Å². The Labute approximate surface area is 139 Å². The van der Waals surface area contributed by atoms with Crippen LogP contribution in [0.5, 0.6) is 11.5 Å².